The van der Waals surface area contributed by atoms with E-state index in [1.807, 2.05) is 18.4 Å². The van der Waals surface area contributed by atoms with Crippen molar-refractivity contribution in [2.45, 2.75) is 26.1 Å². The molecular weight excluding hydrogens is 274 g/mol. The van der Waals surface area contributed by atoms with Crippen LogP contribution in [0.15, 0.2) is 59.4 Å². The molecule has 22 heavy (non-hydrogen) atoms. The summed E-state index contributed by atoms with van der Waals surface area (Å²) in [7, 11) is 0. The van der Waals surface area contributed by atoms with Crippen molar-refractivity contribution in [3.8, 4) is 11.3 Å². The van der Waals surface area contributed by atoms with Crippen LogP contribution < -0.4 is 0 Å². The summed E-state index contributed by atoms with van der Waals surface area (Å²) in [6.07, 6.45) is 4.70. The van der Waals surface area contributed by atoms with Gasteiger partial charge in [0.2, 0.25) is 0 Å². The molecule has 3 heterocycles. The van der Waals surface area contributed by atoms with Crippen LogP contribution in [-0.2, 0) is 19.6 Å². The molecule has 1 aliphatic rings. The second-order valence-corrected chi connectivity index (χ2v) is 5.81. The predicted octanol–water partition coefficient (Wildman–Crippen LogP) is 3.55. The first kappa shape index (κ1) is 13.3. The minimum atomic E-state index is 0.933. The summed E-state index contributed by atoms with van der Waals surface area (Å²) in [6, 6.07) is 14.7. The normalized spacial score (nSPS) is 15.5. The van der Waals surface area contributed by atoms with E-state index in [1.165, 1.54) is 16.8 Å². The van der Waals surface area contributed by atoms with E-state index in [0.717, 1.165) is 38.3 Å². The molecule has 0 radical (unpaired) electrons. The van der Waals surface area contributed by atoms with Crippen LogP contribution >= 0.6 is 0 Å². The van der Waals surface area contributed by atoms with E-state index < -0.39 is 0 Å². The summed E-state index contributed by atoms with van der Waals surface area (Å²) in [5.74, 6) is 0. The Labute approximate surface area is 130 Å². The van der Waals surface area contributed by atoms with Gasteiger partial charge in [0.05, 0.1) is 23.9 Å². The third-order valence-corrected chi connectivity index (χ3v) is 4.15. The quantitative estimate of drug-likeness (QED) is 0.740. The van der Waals surface area contributed by atoms with Gasteiger partial charge in [-0.25, -0.2) is 0 Å². The Morgan fingerprint density at radius 1 is 1.09 bits per heavy atom. The first-order chi connectivity index (χ1) is 10.9. The van der Waals surface area contributed by atoms with Gasteiger partial charge in [0, 0.05) is 37.3 Å². The van der Waals surface area contributed by atoms with E-state index in [4.69, 9.17) is 9.52 Å². The molecule has 0 amide bonds. The average molecular weight is 293 g/mol. The highest BCUT2D eigenvalue weighted by Crippen LogP contribution is 2.22. The third kappa shape index (κ3) is 2.70. The molecular formula is C18H19N3O. The molecule has 1 aromatic carbocycles. The lowest BCUT2D eigenvalue weighted by atomic mass is 10.1. The van der Waals surface area contributed by atoms with E-state index in [-0.39, 0.29) is 0 Å². The molecule has 0 N–H and O–H groups in total. The summed E-state index contributed by atoms with van der Waals surface area (Å²) < 4.78 is 7.34. The van der Waals surface area contributed by atoms with Crippen LogP contribution in [0.1, 0.15) is 17.7 Å². The van der Waals surface area contributed by atoms with Gasteiger partial charge >= 0.3 is 0 Å². The molecule has 112 valence electrons. The van der Waals surface area contributed by atoms with Crippen molar-refractivity contribution in [2.75, 3.05) is 6.54 Å². The maximum Gasteiger partial charge on any atom is 0.0947 e. The maximum atomic E-state index is 5.17. The van der Waals surface area contributed by atoms with Crippen molar-refractivity contribution >= 4 is 0 Å². The molecule has 0 spiro atoms. The minimum absolute atomic E-state index is 0.933. The van der Waals surface area contributed by atoms with Crippen LogP contribution in [0.25, 0.3) is 11.3 Å². The monoisotopic (exact) mass is 293 g/mol. The fraction of sp³-hybridized carbons (Fsp3) is 0.278. The number of fused-ring (bicyclic) bond motifs is 1. The molecule has 0 saturated carbocycles. The van der Waals surface area contributed by atoms with Gasteiger partial charge < -0.3 is 4.42 Å². The lowest BCUT2D eigenvalue weighted by Gasteiger charge is -2.18. The summed E-state index contributed by atoms with van der Waals surface area (Å²) in [4.78, 5) is 2.46. The van der Waals surface area contributed by atoms with Gasteiger partial charge in [-0.15, -0.1) is 0 Å². The molecule has 0 atom stereocenters. The standard InChI is InChI=1S/C18H19N3O/c1-2-5-16(6-3-1)18-11-17-13-20(8-4-9-21(17)19-18)12-15-7-10-22-14-15/h1-3,5-7,10-11,14H,4,8-9,12-13H2. The predicted molar refractivity (Wildman–Crippen MR) is 85.1 cm³/mol. The van der Waals surface area contributed by atoms with Crippen molar-refractivity contribution in [2.24, 2.45) is 0 Å². The zero-order valence-corrected chi connectivity index (χ0v) is 12.5. The van der Waals surface area contributed by atoms with Gasteiger partial charge in [0.1, 0.15) is 0 Å². The topological polar surface area (TPSA) is 34.2 Å². The van der Waals surface area contributed by atoms with Gasteiger partial charge in [0.15, 0.2) is 0 Å². The first-order valence-electron chi connectivity index (χ1n) is 7.74. The van der Waals surface area contributed by atoms with E-state index in [2.05, 4.69) is 39.9 Å². The second kappa shape index (κ2) is 5.81. The van der Waals surface area contributed by atoms with E-state index in [9.17, 15) is 0 Å². The molecule has 4 rings (SSSR count). The molecule has 0 saturated heterocycles. The summed E-state index contributed by atoms with van der Waals surface area (Å²) in [5.41, 5.74) is 4.78. The van der Waals surface area contributed by atoms with Gasteiger partial charge in [-0.1, -0.05) is 30.3 Å². The van der Waals surface area contributed by atoms with Crippen LogP contribution in [-0.4, -0.2) is 21.2 Å². The molecule has 2 aromatic heterocycles. The van der Waals surface area contributed by atoms with E-state index in [0.29, 0.717) is 0 Å². The largest absolute Gasteiger partial charge is 0.472 e. The Balaban J connectivity index is 1.57. The molecule has 1 aliphatic heterocycles. The fourth-order valence-corrected chi connectivity index (χ4v) is 3.05. The van der Waals surface area contributed by atoms with Crippen molar-refractivity contribution in [3.05, 3.63) is 66.2 Å². The van der Waals surface area contributed by atoms with E-state index in [1.54, 1.807) is 6.26 Å². The Morgan fingerprint density at radius 2 is 2.00 bits per heavy atom. The summed E-state index contributed by atoms with van der Waals surface area (Å²) in [5, 5.41) is 4.78. The lowest BCUT2D eigenvalue weighted by molar-refractivity contribution is 0.260. The second-order valence-electron chi connectivity index (χ2n) is 5.81. The zero-order valence-electron chi connectivity index (χ0n) is 12.5. The summed E-state index contributed by atoms with van der Waals surface area (Å²) in [6.45, 7) is 3.95. The molecule has 4 nitrogen and oxygen atoms in total. The Hall–Kier alpha value is -2.33. The van der Waals surface area contributed by atoms with Crippen molar-refractivity contribution in [1.82, 2.24) is 14.7 Å². The van der Waals surface area contributed by atoms with Crippen molar-refractivity contribution in [3.63, 3.8) is 0 Å². The van der Waals surface area contributed by atoms with Gasteiger partial charge in [-0.05, 0) is 18.6 Å². The Kier molecular flexibility index (Phi) is 3.52. The van der Waals surface area contributed by atoms with Crippen LogP contribution in [0.2, 0.25) is 0 Å². The number of benzene rings is 1. The SMILES string of the molecule is c1ccc(-c2cc3n(n2)CCCN(Cc2ccoc2)C3)cc1. The molecule has 4 heteroatoms. The number of hydrogen-bond donors (Lipinski definition) is 0. The average Bonchev–Trinajstić information content (AvgIpc) is 3.15. The molecule has 0 bridgehead atoms. The number of aryl methyl sites for hydroxylation is 1. The molecule has 0 fully saturated rings. The van der Waals surface area contributed by atoms with Crippen molar-refractivity contribution in [1.29, 1.82) is 0 Å². The zero-order chi connectivity index (χ0) is 14.8. The summed E-state index contributed by atoms with van der Waals surface area (Å²) >= 11 is 0. The number of hydrogen-bond acceptors (Lipinski definition) is 3. The van der Waals surface area contributed by atoms with Crippen LogP contribution in [0.5, 0.6) is 0 Å². The molecule has 3 aromatic rings. The lowest BCUT2D eigenvalue weighted by Crippen LogP contribution is -2.22. The highest BCUT2D eigenvalue weighted by atomic mass is 16.3. The first-order valence-corrected chi connectivity index (χ1v) is 7.74. The molecule has 0 aliphatic carbocycles. The van der Waals surface area contributed by atoms with Crippen LogP contribution in [0.3, 0.4) is 0 Å². The minimum Gasteiger partial charge on any atom is -0.472 e. The van der Waals surface area contributed by atoms with Gasteiger partial charge in [-0.3, -0.25) is 9.58 Å². The number of aromatic nitrogens is 2. The van der Waals surface area contributed by atoms with Crippen LogP contribution in [0.4, 0.5) is 0 Å². The highest BCUT2D eigenvalue weighted by Gasteiger charge is 2.17. The number of furan rings is 1. The van der Waals surface area contributed by atoms with E-state index >= 15 is 0 Å². The van der Waals surface area contributed by atoms with Crippen molar-refractivity contribution < 1.29 is 4.42 Å². The Morgan fingerprint density at radius 3 is 2.82 bits per heavy atom. The maximum absolute atomic E-state index is 5.17. The van der Waals surface area contributed by atoms with Gasteiger partial charge in [-0.2, -0.15) is 5.10 Å². The number of rotatable bonds is 3. The Bertz CT molecular complexity index is 731. The van der Waals surface area contributed by atoms with Gasteiger partial charge in [0.25, 0.3) is 0 Å². The highest BCUT2D eigenvalue weighted by molar-refractivity contribution is 5.59. The third-order valence-electron chi connectivity index (χ3n) is 4.15. The number of nitrogens with zero attached hydrogens (tertiary/aromatic N) is 3. The smallest absolute Gasteiger partial charge is 0.0947 e. The van der Waals surface area contributed by atoms with Crippen LogP contribution in [0, 0.1) is 0 Å². The molecule has 0 unspecified atom stereocenters. The fourth-order valence-electron chi connectivity index (χ4n) is 3.05.